The van der Waals surface area contributed by atoms with Crippen LogP contribution in [0.4, 0.5) is 4.39 Å². The average molecular weight is 439 g/mol. The van der Waals surface area contributed by atoms with Gasteiger partial charge in [-0.25, -0.2) is 9.37 Å². The van der Waals surface area contributed by atoms with Crippen molar-refractivity contribution in [3.63, 3.8) is 0 Å². The lowest BCUT2D eigenvalue weighted by Crippen LogP contribution is -2.30. The van der Waals surface area contributed by atoms with E-state index in [-0.39, 0.29) is 36.8 Å². The lowest BCUT2D eigenvalue weighted by atomic mass is 10.2. The van der Waals surface area contributed by atoms with Gasteiger partial charge < -0.3 is 19.1 Å². The highest BCUT2D eigenvalue weighted by Gasteiger charge is 2.22. The molecule has 2 amide bonds. The summed E-state index contributed by atoms with van der Waals surface area (Å²) in [6.45, 7) is 0.485. The fourth-order valence-corrected chi connectivity index (χ4v) is 3.71. The summed E-state index contributed by atoms with van der Waals surface area (Å²) >= 11 is 1.25. The predicted octanol–water partition coefficient (Wildman–Crippen LogP) is 4.24. The number of halogens is 1. The first-order valence-electron chi connectivity index (χ1n) is 9.41. The third kappa shape index (κ3) is 5.07. The topological polar surface area (TPSA) is 88.6 Å². The molecule has 4 rings (SSSR count). The summed E-state index contributed by atoms with van der Waals surface area (Å²) in [7, 11) is 0. The van der Waals surface area contributed by atoms with Crippen molar-refractivity contribution in [2.24, 2.45) is 0 Å². The number of hydrogen-bond acceptors (Lipinski definition) is 6. The summed E-state index contributed by atoms with van der Waals surface area (Å²) in [4.78, 5) is 31.1. The van der Waals surface area contributed by atoms with E-state index in [4.69, 9.17) is 8.83 Å². The fraction of sp³-hybridized carbons (Fsp3) is 0.136. The Hall–Kier alpha value is -3.72. The molecule has 3 aromatic heterocycles. The minimum atomic E-state index is -0.603. The number of carbonyl (C=O) groups excluding carboxylic acids is 2. The monoisotopic (exact) mass is 439 g/mol. The summed E-state index contributed by atoms with van der Waals surface area (Å²) in [6.07, 6.45) is 3.04. The van der Waals surface area contributed by atoms with Crippen molar-refractivity contribution < 1.29 is 22.8 Å². The smallest absolute Gasteiger partial charge is 0.271 e. The number of benzene rings is 1. The zero-order valence-corrected chi connectivity index (χ0v) is 17.1. The summed E-state index contributed by atoms with van der Waals surface area (Å²) in [6, 6.07) is 12.7. The highest BCUT2D eigenvalue weighted by molar-refractivity contribution is 7.09. The second kappa shape index (κ2) is 9.40. The lowest BCUT2D eigenvalue weighted by molar-refractivity contribution is 0.0712. The number of rotatable bonds is 8. The van der Waals surface area contributed by atoms with E-state index in [9.17, 15) is 14.0 Å². The third-order valence-electron chi connectivity index (χ3n) is 4.43. The van der Waals surface area contributed by atoms with Gasteiger partial charge in [-0.15, -0.1) is 11.3 Å². The molecule has 31 heavy (non-hydrogen) atoms. The quantitative estimate of drug-likeness (QED) is 0.444. The first-order valence-corrected chi connectivity index (χ1v) is 10.3. The molecule has 1 aromatic carbocycles. The van der Waals surface area contributed by atoms with Gasteiger partial charge in [0.2, 0.25) is 0 Å². The maximum Gasteiger partial charge on any atom is 0.271 e. The van der Waals surface area contributed by atoms with Crippen LogP contribution in [0.25, 0.3) is 0 Å². The van der Waals surface area contributed by atoms with Crippen LogP contribution in [0.5, 0.6) is 0 Å². The van der Waals surface area contributed by atoms with Gasteiger partial charge in [0.15, 0.2) is 0 Å². The zero-order chi connectivity index (χ0) is 21.6. The van der Waals surface area contributed by atoms with E-state index in [0.29, 0.717) is 16.5 Å². The number of aromatic nitrogens is 1. The molecule has 1 N–H and O–H groups in total. The molecule has 0 aliphatic rings. The van der Waals surface area contributed by atoms with Crippen LogP contribution >= 0.6 is 11.3 Å². The van der Waals surface area contributed by atoms with Gasteiger partial charge in [-0.2, -0.15) is 0 Å². The first-order chi connectivity index (χ1) is 15.1. The SMILES string of the molecule is O=C(NCc1ccco1)c1csc(CN(Cc2ccco2)C(=O)c2ccccc2F)n1. The number of nitrogens with one attached hydrogen (secondary N) is 1. The molecule has 0 aliphatic heterocycles. The molecule has 0 fully saturated rings. The van der Waals surface area contributed by atoms with E-state index in [2.05, 4.69) is 10.3 Å². The molecular formula is C22H18FN3O4S. The van der Waals surface area contributed by atoms with E-state index < -0.39 is 11.7 Å². The molecule has 4 aromatic rings. The minimum absolute atomic E-state index is 0.0398. The molecule has 9 heteroatoms. The molecule has 158 valence electrons. The Kier molecular flexibility index (Phi) is 6.23. The highest BCUT2D eigenvalue weighted by atomic mass is 32.1. The van der Waals surface area contributed by atoms with Gasteiger partial charge in [0, 0.05) is 5.38 Å². The predicted molar refractivity (Wildman–Crippen MR) is 111 cm³/mol. The van der Waals surface area contributed by atoms with Gasteiger partial charge in [0.25, 0.3) is 11.8 Å². The van der Waals surface area contributed by atoms with Crippen LogP contribution in [0.2, 0.25) is 0 Å². The Morgan fingerprint density at radius 2 is 1.74 bits per heavy atom. The molecule has 0 spiro atoms. The molecule has 0 radical (unpaired) electrons. The van der Waals surface area contributed by atoms with Crippen molar-refractivity contribution >= 4 is 23.2 Å². The number of furan rings is 2. The summed E-state index contributed by atoms with van der Waals surface area (Å²) in [5, 5.41) is 4.88. The number of thiazole rings is 1. The molecule has 0 atom stereocenters. The van der Waals surface area contributed by atoms with E-state index in [1.54, 1.807) is 35.7 Å². The van der Waals surface area contributed by atoms with Gasteiger partial charge in [0.05, 0.1) is 37.7 Å². The largest absolute Gasteiger partial charge is 0.467 e. The van der Waals surface area contributed by atoms with Crippen LogP contribution in [-0.2, 0) is 19.6 Å². The Morgan fingerprint density at radius 1 is 1.00 bits per heavy atom. The first kappa shape index (κ1) is 20.5. The number of nitrogens with zero attached hydrogens (tertiary/aromatic N) is 2. The zero-order valence-electron chi connectivity index (χ0n) is 16.3. The average Bonchev–Trinajstić information content (AvgIpc) is 3.54. The Morgan fingerprint density at radius 3 is 2.45 bits per heavy atom. The number of hydrogen-bond donors (Lipinski definition) is 1. The molecular weight excluding hydrogens is 421 g/mol. The normalized spacial score (nSPS) is 10.7. The number of amides is 2. The van der Waals surface area contributed by atoms with Crippen LogP contribution in [0.3, 0.4) is 0 Å². The van der Waals surface area contributed by atoms with Crippen molar-refractivity contribution in [1.82, 2.24) is 15.2 Å². The van der Waals surface area contributed by atoms with Crippen molar-refractivity contribution in [3.8, 4) is 0 Å². The maximum atomic E-state index is 14.2. The molecule has 0 bridgehead atoms. The van der Waals surface area contributed by atoms with Gasteiger partial charge in [-0.3, -0.25) is 9.59 Å². The van der Waals surface area contributed by atoms with E-state index in [1.807, 2.05) is 0 Å². The summed E-state index contributed by atoms with van der Waals surface area (Å²) in [5.74, 6) is -0.263. The molecule has 0 aliphatic carbocycles. The van der Waals surface area contributed by atoms with Gasteiger partial charge in [-0.1, -0.05) is 12.1 Å². The van der Waals surface area contributed by atoms with Gasteiger partial charge >= 0.3 is 0 Å². The maximum absolute atomic E-state index is 14.2. The van der Waals surface area contributed by atoms with Crippen LogP contribution in [0.15, 0.2) is 75.3 Å². The Labute approximate surface area is 181 Å². The molecule has 3 heterocycles. The molecule has 0 saturated carbocycles. The summed E-state index contributed by atoms with van der Waals surface area (Å²) < 4.78 is 24.7. The molecule has 0 saturated heterocycles. The van der Waals surface area contributed by atoms with Crippen LogP contribution in [-0.4, -0.2) is 21.7 Å². The second-order valence-electron chi connectivity index (χ2n) is 6.61. The van der Waals surface area contributed by atoms with Crippen molar-refractivity contribution in [1.29, 1.82) is 0 Å². The van der Waals surface area contributed by atoms with E-state index in [1.165, 1.54) is 47.0 Å². The Balaban J connectivity index is 1.48. The van der Waals surface area contributed by atoms with Crippen molar-refractivity contribution in [2.75, 3.05) is 0 Å². The minimum Gasteiger partial charge on any atom is -0.467 e. The van der Waals surface area contributed by atoms with E-state index in [0.717, 1.165) is 0 Å². The van der Waals surface area contributed by atoms with Crippen molar-refractivity contribution in [3.05, 3.63) is 100 Å². The molecule has 0 unspecified atom stereocenters. The van der Waals surface area contributed by atoms with Gasteiger partial charge in [0.1, 0.15) is 28.0 Å². The fourth-order valence-electron chi connectivity index (χ4n) is 2.92. The van der Waals surface area contributed by atoms with Crippen molar-refractivity contribution in [2.45, 2.75) is 19.6 Å². The third-order valence-corrected chi connectivity index (χ3v) is 5.27. The standard InChI is InChI=1S/C22H18FN3O4S/c23-18-8-2-1-7-17(18)22(28)26(12-16-6-4-10-30-16)13-20-25-19(14-31-20)21(27)24-11-15-5-3-9-29-15/h1-10,14H,11-13H2,(H,24,27). The highest BCUT2D eigenvalue weighted by Crippen LogP contribution is 2.19. The summed E-state index contributed by atoms with van der Waals surface area (Å²) in [5.41, 5.74) is 0.199. The van der Waals surface area contributed by atoms with Gasteiger partial charge in [-0.05, 0) is 36.4 Å². The Bertz CT molecular complexity index is 1160. The van der Waals surface area contributed by atoms with Crippen LogP contribution in [0.1, 0.15) is 37.4 Å². The van der Waals surface area contributed by atoms with Crippen LogP contribution < -0.4 is 5.32 Å². The van der Waals surface area contributed by atoms with E-state index >= 15 is 0 Å². The molecule has 7 nitrogen and oxygen atoms in total. The number of carbonyl (C=O) groups is 2. The lowest BCUT2D eigenvalue weighted by Gasteiger charge is -2.21. The van der Waals surface area contributed by atoms with Crippen LogP contribution in [0, 0.1) is 5.82 Å². The second-order valence-corrected chi connectivity index (χ2v) is 7.55.